The minimum atomic E-state index is -0.313. The number of nitrogens with zero attached hydrogens (tertiary/aromatic N) is 3. The Morgan fingerprint density at radius 1 is 0.947 bits per heavy atom. The van der Waals surface area contributed by atoms with Gasteiger partial charge in [-0.15, -0.1) is 0 Å². The molecule has 5 rings (SSSR count). The van der Waals surface area contributed by atoms with E-state index in [1.807, 2.05) is 78.6 Å². The number of benzene rings is 3. The largest absolute Gasteiger partial charge is 0.332 e. The number of aromatic nitrogens is 2. The second-order valence-corrected chi connectivity index (χ2v) is 10.5. The quantitative estimate of drug-likeness (QED) is 0.264. The molecule has 3 aromatic carbocycles. The van der Waals surface area contributed by atoms with Crippen LogP contribution in [-0.4, -0.2) is 26.9 Å². The maximum atomic E-state index is 14.1. The second-order valence-electron chi connectivity index (χ2n) is 10.5. The molecule has 0 spiro atoms. The summed E-state index contributed by atoms with van der Waals surface area (Å²) in [4.78, 5) is 35.2. The smallest absolute Gasteiger partial charge is 0.266 e. The van der Waals surface area contributed by atoms with E-state index >= 15 is 0 Å². The molecule has 1 aliphatic carbocycles. The molecule has 0 saturated heterocycles. The molecule has 1 aromatic heterocycles. The van der Waals surface area contributed by atoms with Gasteiger partial charge in [-0.1, -0.05) is 86.3 Å². The summed E-state index contributed by atoms with van der Waals surface area (Å²) in [6.07, 6.45) is 6.70. The molecule has 5 nitrogen and oxygen atoms in total. The molecule has 196 valence electrons. The number of hydrogen-bond acceptors (Lipinski definition) is 3. The first kappa shape index (κ1) is 25.9. The van der Waals surface area contributed by atoms with Crippen molar-refractivity contribution in [3.8, 4) is 5.69 Å². The molecule has 0 radical (unpaired) electrons. The molecular weight excluding hydrogens is 470 g/mol. The minimum Gasteiger partial charge on any atom is -0.332 e. The Labute approximate surface area is 225 Å². The van der Waals surface area contributed by atoms with Gasteiger partial charge in [0.05, 0.1) is 22.6 Å². The van der Waals surface area contributed by atoms with Gasteiger partial charge in [0.2, 0.25) is 5.91 Å². The number of amides is 1. The maximum absolute atomic E-state index is 14.1. The molecule has 38 heavy (non-hydrogen) atoms. The summed E-state index contributed by atoms with van der Waals surface area (Å²) < 4.78 is 1.74. The highest BCUT2D eigenvalue weighted by molar-refractivity contribution is 5.80. The molecule has 1 saturated carbocycles. The van der Waals surface area contributed by atoms with E-state index in [0.717, 1.165) is 43.4 Å². The first-order valence-electron chi connectivity index (χ1n) is 14.0. The van der Waals surface area contributed by atoms with E-state index in [-0.39, 0.29) is 23.4 Å². The number of hydrogen-bond donors (Lipinski definition) is 0. The third kappa shape index (κ3) is 5.42. The Balaban J connectivity index is 1.64. The van der Waals surface area contributed by atoms with Crippen LogP contribution in [0.5, 0.6) is 0 Å². The lowest BCUT2D eigenvalue weighted by Gasteiger charge is -2.36. The predicted octanol–water partition coefficient (Wildman–Crippen LogP) is 6.80. The van der Waals surface area contributed by atoms with Crippen LogP contribution in [0.2, 0.25) is 0 Å². The zero-order valence-corrected chi connectivity index (χ0v) is 22.5. The molecule has 0 N–H and O–H groups in total. The fourth-order valence-corrected chi connectivity index (χ4v) is 5.76. The number of carbonyl (C=O) groups excluding carboxylic acids is 1. The zero-order valence-electron chi connectivity index (χ0n) is 22.5. The Kier molecular flexibility index (Phi) is 8.02. The van der Waals surface area contributed by atoms with Gasteiger partial charge < -0.3 is 4.90 Å². The van der Waals surface area contributed by atoms with Gasteiger partial charge in [0, 0.05) is 12.5 Å². The first-order chi connectivity index (χ1) is 18.6. The van der Waals surface area contributed by atoms with Crippen molar-refractivity contribution >= 4 is 16.8 Å². The van der Waals surface area contributed by atoms with Gasteiger partial charge in [-0.25, -0.2) is 4.98 Å². The molecular formula is C33H37N3O2. The molecule has 1 heterocycles. The number of fused-ring (bicyclic) bond motifs is 1. The number of para-hydroxylation sites is 1. The van der Waals surface area contributed by atoms with E-state index in [4.69, 9.17) is 4.98 Å². The van der Waals surface area contributed by atoms with E-state index < -0.39 is 0 Å². The van der Waals surface area contributed by atoms with Crippen molar-refractivity contribution in [3.05, 3.63) is 106 Å². The Bertz CT molecular complexity index is 1440. The van der Waals surface area contributed by atoms with Crippen LogP contribution in [0, 0.1) is 12.8 Å². The van der Waals surface area contributed by atoms with Gasteiger partial charge in [0.15, 0.2) is 0 Å². The van der Waals surface area contributed by atoms with Crippen molar-refractivity contribution in [1.29, 1.82) is 0 Å². The molecule has 1 amide bonds. The van der Waals surface area contributed by atoms with Crippen molar-refractivity contribution in [2.75, 3.05) is 6.54 Å². The summed E-state index contributed by atoms with van der Waals surface area (Å²) in [6, 6.07) is 25.5. The van der Waals surface area contributed by atoms with Gasteiger partial charge >= 0.3 is 0 Å². The van der Waals surface area contributed by atoms with E-state index in [2.05, 4.69) is 19.1 Å². The van der Waals surface area contributed by atoms with Crippen molar-refractivity contribution in [1.82, 2.24) is 14.5 Å². The lowest BCUT2D eigenvalue weighted by atomic mass is 9.87. The van der Waals surface area contributed by atoms with Crippen LogP contribution in [-0.2, 0) is 11.2 Å². The standard InChI is InChI=1S/C33H37N3O2/c1-3-30(35(23-22-25-12-6-4-7-13-25)32(37)26-14-8-5-9-15-26)31-34-29-17-11-10-16-28(29)33(38)36(31)27-20-18-24(2)19-21-27/h4,6-7,10-13,16-21,26,30H,3,5,8-9,14-15,22-23H2,1-2H3. The van der Waals surface area contributed by atoms with Crippen LogP contribution in [0.4, 0.5) is 0 Å². The normalized spacial score (nSPS) is 14.9. The third-order valence-electron chi connectivity index (χ3n) is 7.88. The van der Waals surface area contributed by atoms with Crippen LogP contribution in [0.15, 0.2) is 83.7 Å². The summed E-state index contributed by atoms with van der Waals surface area (Å²) in [5.41, 5.74) is 3.68. The van der Waals surface area contributed by atoms with Gasteiger partial charge in [0.25, 0.3) is 5.56 Å². The average Bonchev–Trinajstić information content (AvgIpc) is 2.96. The number of rotatable bonds is 8. The monoisotopic (exact) mass is 507 g/mol. The molecule has 1 aliphatic rings. The fraction of sp³-hybridized carbons (Fsp3) is 0.364. The van der Waals surface area contributed by atoms with Gasteiger partial charge in [-0.2, -0.15) is 0 Å². The molecule has 5 heteroatoms. The first-order valence-corrected chi connectivity index (χ1v) is 14.0. The number of aryl methyl sites for hydroxylation is 1. The van der Waals surface area contributed by atoms with Crippen molar-refractivity contribution in [2.24, 2.45) is 5.92 Å². The molecule has 1 unspecified atom stereocenters. The lowest BCUT2D eigenvalue weighted by Crippen LogP contribution is -2.43. The molecule has 0 aliphatic heterocycles. The third-order valence-corrected chi connectivity index (χ3v) is 7.88. The van der Waals surface area contributed by atoms with Crippen LogP contribution in [0.3, 0.4) is 0 Å². The van der Waals surface area contributed by atoms with E-state index in [1.165, 1.54) is 12.0 Å². The van der Waals surface area contributed by atoms with Gasteiger partial charge in [0.1, 0.15) is 5.82 Å². The summed E-state index contributed by atoms with van der Waals surface area (Å²) in [5.74, 6) is 0.871. The van der Waals surface area contributed by atoms with E-state index in [9.17, 15) is 9.59 Å². The SMILES string of the molecule is CCC(c1nc2ccccc2c(=O)n1-c1ccc(C)cc1)N(CCc1ccccc1)C(=O)C1CCCCC1. The van der Waals surface area contributed by atoms with Crippen molar-refractivity contribution in [3.63, 3.8) is 0 Å². The van der Waals surface area contributed by atoms with Gasteiger partial charge in [-0.05, 0) is 62.4 Å². The summed E-state index contributed by atoms with van der Waals surface area (Å²) in [6.45, 7) is 4.72. The van der Waals surface area contributed by atoms with Crippen LogP contribution in [0.25, 0.3) is 16.6 Å². The highest BCUT2D eigenvalue weighted by Gasteiger charge is 2.33. The molecule has 1 atom stereocenters. The van der Waals surface area contributed by atoms with Crippen molar-refractivity contribution in [2.45, 2.75) is 64.8 Å². The highest BCUT2D eigenvalue weighted by atomic mass is 16.2. The number of carbonyl (C=O) groups is 1. The topological polar surface area (TPSA) is 55.2 Å². The van der Waals surface area contributed by atoms with E-state index in [1.54, 1.807) is 4.57 Å². The molecule has 4 aromatic rings. The van der Waals surface area contributed by atoms with Crippen LogP contribution >= 0.6 is 0 Å². The second kappa shape index (κ2) is 11.8. The predicted molar refractivity (Wildman–Crippen MR) is 154 cm³/mol. The minimum absolute atomic E-state index is 0.0357. The Hall–Kier alpha value is -3.73. The zero-order chi connectivity index (χ0) is 26.5. The molecule has 1 fully saturated rings. The van der Waals surface area contributed by atoms with Crippen LogP contribution < -0.4 is 5.56 Å². The maximum Gasteiger partial charge on any atom is 0.266 e. The summed E-state index contributed by atoms with van der Waals surface area (Å²) >= 11 is 0. The fourth-order valence-electron chi connectivity index (χ4n) is 5.76. The van der Waals surface area contributed by atoms with Crippen LogP contribution in [0.1, 0.15) is 68.4 Å². The Morgan fingerprint density at radius 3 is 2.34 bits per heavy atom. The van der Waals surface area contributed by atoms with Gasteiger partial charge in [-0.3, -0.25) is 14.2 Å². The van der Waals surface area contributed by atoms with E-state index in [0.29, 0.717) is 29.7 Å². The van der Waals surface area contributed by atoms with Crippen molar-refractivity contribution < 1.29 is 4.79 Å². The molecule has 0 bridgehead atoms. The summed E-state index contributed by atoms with van der Waals surface area (Å²) in [5, 5.41) is 0.584. The summed E-state index contributed by atoms with van der Waals surface area (Å²) in [7, 11) is 0. The Morgan fingerprint density at radius 2 is 1.63 bits per heavy atom. The highest BCUT2D eigenvalue weighted by Crippen LogP contribution is 2.32. The lowest BCUT2D eigenvalue weighted by molar-refractivity contribution is -0.139. The average molecular weight is 508 g/mol.